The van der Waals surface area contributed by atoms with E-state index in [1.54, 1.807) is 0 Å². The van der Waals surface area contributed by atoms with Crippen LogP contribution >= 0.6 is 0 Å². The number of aryl methyl sites for hydroxylation is 2. The van der Waals surface area contributed by atoms with Crippen LogP contribution in [0.25, 0.3) is 0 Å². The Morgan fingerprint density at radius 3 is 2.55 bits per heavy atom. The van der Waals surface area contributed by atoms with E-state index in [4.69, 9.17) is 15.1 Å². The Kier molecular flexibility index (Phi) is 3.72. The van der Waals surface area contributed by atoms with E-state index in [-0.39, 0.29) is 11.1 Å². The van der Waals surface area contributed by atoms with Crippen LogP contribution < -0.4 is 4.74 Å². The lowest BCUT2D eigenvalue weighted by Crippen LogP contribution is -1.98. The summed E-state index contributed by atoms with van der Waals surface area (Å²) in [6.07, 6.45) is 0. The van der Waals surface area contributed by atoms with Gasteiger partial charge in [-0.2, -0.15) is 5.26 Å². The van der Waals surface area contributed by atoms with Gasteiger partial charge in [0.15, 0.2) is 0 Å². The summed E-state index contributed by atoms with van der Waals surface area (Å²) in [5.41, 5.74) is 2.26. The second-order valence-electron chi connectivity index (χ2n) is 4.50. The lowest BCUT2D eigenvalue weighted by atomic mass is 10.1. The summed E-state index contributed by atoms with van der Waals surface area (Å²) in [6.45, 7) is 3.86. The van der Waals surface area contributed by atoms with Gasteiger partial charge in [-0.15, -0.1) is 0 Å². The van der Waals surface area contributed by atoms with E-state index in [2.05, 4.69) is 0 Å². The van der Waals surface area contributed by atoms with Crippen molar-refractivity contribution in [2.75, 3.05) is 0 Å². The van der Waals surface area contributed by atoms with Gasteiger partial charge in [0, 0.05) is 0 Å². The molecule has 0 radical (unpaired) electrons. The summed E-state index contributed by atoms with van der Waals surface area (Å²) in [7, 11) is 0. The molecule has 1 N–H and O–H groups in total. The van der Waals surface area contributed by atoms with Crippen LogP contribution in [-0.2, 0) is 0 Å². The second kappa shape index (κ2) is 5.45. The van der Waals surface area contributed by atoms with Crippen LogP contribution in [0.4, 0.5) is 0 Å². The second-order valence-corrected chi connectivity index (χ2v) is 4.50. The molecule has 100 valence electrons. The maximum atomic E-state index is 10.9. The van der Waals surface area contributed by atoms with Gasteiger partial charge in [-0.25, -0.2) is 4.79 Å². The number of ether oxygens (including phenoxy) is 1. The lowest BCUT2D eigenvalue weighted by Gasteiger charge is -2.11. The highest BCUT2D eigenvalue weighted by molar-refractivity contribution is 5.88. The zero-order chi connectivity index (χ0) is 14.7. The van der Waals surface area contributed by atoms with Crippen molar-refractivity contribution in [3.8, 4) is 17.6 Å². The largest absolute Gasteiger partial charge is 0.478 e. The molecule has 0 spiro atoms. The molecule has 4 nitrogen and oxygen atoms in total. The third kappa shape index (κ3) is 2.78. The normalized spacial score (nSPS) is 9.85. The van der Waals surface area contributed by atoms with Crippen LogP contribution in [0.2, 0.25) is 0 Å². The molecule has 0 atom stereocenters. The number of nitriles is 1. The molecule has 0 unspecified atom stereocenters. The van der Waals surface area contributed by atoms with E-state index in [0.717, 1.165) is 11.1 Å². The van der Waals surface area contributed by atoms with Gasteiger partial charge in [0.2, 0.25) is 0 Å². The first-order valence-electron chi connectivity index (χ1n) is 6.04. The fourth-order valence-electron chi connectivity index (χ4n) is 1.78. The summed E-state index contributed by atoms with van der Waals surface area (Å²) in [6, 6.07) is 12.0. The minimum atomic E-state index is -1.07. The number of carboxylic acid groups (broad SMARTS) is 1. The predicted molar refractivity (Wildman–Crippen MR) is 74.1 cm³/mol. The third-order valence-electron chi connectivity index (χ3n) is 2.91. The zero-order valence-electron chi connectivity index (χ0n) is 11.2. The van der Waals surface area contributed by atoms with Gasteiger partial charge in [-0.3, -0.25) is 0 Å². The quantitative estimate of drug-likeness (QED) is 0.921. The van der Waals surface area contributed by atoms with E-state index in [0.29, 0.717) is 11.5 Å². The summed E-state index contributed by atoms with van der Waals surface area (Å²) in [5.74, 6) is -0.0597. The molecule has 2 aromatic rings. The maximum absolute atomic E-state index is 10.9. The molecule has 4 heteroatoms. The Hall–Kier alpha value is -2.80. The molecule has 2 rings (SSSR count). The first kappa shape index (κ1) is 13.6. The number of nitrogens with zero attached hydrogens (tertiary/aromatic N) is 1. The van der Waals surface area contributed by atoms with Gasteiger partial charge >= 0.3 is 5.97 Å². The Balaban J connectivity index is 2.41. The van der Waals surface area contributed by atoms with Crippen molar-refractivity contribution < 1.29 is 14.6 Å². The fourth-order valence-corrected chi connectivity index (χ4v) is 1.78. The summed E-state index contributed by atoms with van der Waals surface area (Å²) in [5, 5.41) is 18.0. The van der Waals surface area contributed by atoms with Crippen molar-refractivity contribution in [3.05, 3.63) is 58.7 Å². The van der Waals surface area contributed by atoms with E-state index in [1.807, 2.05) is 38.1 Å². The molecule has 2 aromatic carbocycles. The standard InChI is InChI=1S/C16H13NO3/c1-10-3-4-11(2)15(7-10)20-14-6-5-12(16(18)19)8-13(14)9-17/h3-8H,1-2H3,(H,18,19). The maximum Gasteiger partial charge on any atom is 0.335 e. The predicted octanol–water partition coefficient (Wildman–Crippen LogP) is 3.67. The van der Waals surface area contributed by atoms with Gasteiger partial charge < -0.3 is 9.84 Å². The molecule has 0 aliphatic heterocycles. The topological polar surface area (TPSA) is 70.3 Å². The summed E-state index contributed by atoms with van der Waals surface area (Å²) < 4.78 is 5.73. The number of benzene rings is 2. The Morgan fingerprint density at radius 1 is 1.15 bits per heavy atom. The molecule has 0 aliphatic rings. The average Bonchev–Trinajstić information content (AvgIpc) is 2.43. The third-order valence-corrected chi connectivity index (χ3v) is 2.91. The molecule has 0 aliphatic carbocycles. The van der Waals surface area contributed by atoms with Crippen LogP contribution in [0.5, 0.6) is 11.5 Å². The highest BCUT2D eigenvalue weighted by Gasteiger charge is 2.11. The highest BCUT2D eigenvalue weighted by Crippen LogP contribution is 2.29. The summed E-state index contributed by atoms with van der Waals surface area (Å²) >= 11 is 0. The zero-order valence-corrected chi connectivity index (χ0v) is 11.2. The fraction of sp³-hybridized carbons (Fsp3) is 0.125. The minimum Gasteiger partial charge on any atom is -0.478 e. The van der Waals surface area contributed by atoms with Gasteiger partial charge in [-0.05, 0) is 49.2 Å². The first-order valence-corrected chi connectivity index (χ1v) is 6.04. The molecule has 0 saturated carbocycles. The van der Waals surface area contributed by atoms with Crippen LogP contribution in [0, 0.1) is 25.2 Å². The number of carbonyl (C=O) groups is 1. The van der Waals surface area contributed by atoms with E-state index in [9.17, 15) is 4.79 Å². The van der Waals surface area contributed by atoms with E-state index >= 15 is 0 Å². The highest BCUT2D eigenvalue weighted by atomic mass is 16.5. The van der Waals surface area contributed by atoms with Crippen molar-refractivity contribution >= 4 is 5.97 Å². The van der Waals surface area contributed by atoms with E-state index in [1.165, 1.54) is 18.2 Å². The molecule has 0 aromatic heterocycles. The molecular weight excluding hydrogens is 254 g/mol. The number of rotatable bonds is 3. The number of hydrogen-bond acceptors (Lipinski definition) is 3. The van der Waals surface area contributed by atoms with Crippen molar-refractivity contribution in [2.24, 2.45) is 0 Å². The molecule has 0 heterocycles. The Labute approximate surface area is 116 Å². The molecule has 0 fully saturated rings. The number of hydrogen-bond donors (Lipinski definition) is 1. The Bertz CT molecular complexity index is 714. The number of aromatic carboxylic acids is 1. The van der Waals surface area contributed by atoms with Gasteiger partial charge in [0.05, 0.1) is 11.1 Å². The van der Waals surface area contributed by atoms with E-state index < -0.39 is 5.97 Å². The van der Waals surface area contributed by atoms with Crippen molar-refractivity contribution in [3.63, 3.8) is 0 Å². The van der Waals surface area contributed by atoms with Crippen LogP contribution in [0.3, 0.4) is 0 Å². The van der Waals surface area contributed by atoms with Crippen molar-refractivity contribution in [2.45, 2.75) is 13.8 Å². The Morgan fingerprint density at radius 2 is 1.90 bits per heavy atom. The van der Waals surface area contributed by atoms with Crippen LogP contribution in [0.15, 0.2) is 36.4 Å². The molecule has 0 amide bonds. The monoisotopic (exact) mass is 267 g/mol. The molecule has 0 bridgehead atoms. The molecular formula is C16H13NO3. The van der Waals surface area contributed by atoms with Crippen LogP contribution in [-0.4, -0.2) is 11.1 Å². The van der Waals surface area contributed by atoms with Gasteiger partial charge in [0.25, 0.3) is 0 Å². The smallest absolute Gasteiger partial charge is 0.335 e. The average molecular weight is 267 g/mol. The number of carboxylic acids is 1. The lowest BCUT2D eigenvalue weighted by molar-refractivity contribution is 0.0697. The van der Waals surface area contributed by atoms with Crippen molar-refractivity contribution in [1.82, 2.24) is 0 Å². The van der Waals surface area contributed by atoms with Gasteiger partial charge in [0.1, 0.15) is 17.6 Å². The van der Waals surface area contributed by atoms with Crippen LogP contribution in [0.1, 0.15) is 27.0 Å². The molecule has 20 heavy (non-hydrogen) atoms. The van der Waals surface area contributed by atoms with Crippen molar-refractivity contribution in [1.29, 1.82) is 5.26 Å². The molecule has 0 saturated heterocycles. The first-order chi connectivity index (χ1) is 9.51. The van der Waals surface area contributed by atoms with Gasteiger partial charge in [-0.1, -0.05) is 12.1 Å². The minimum absolute atomic E-state index is 0.0647. The SMILES string of the molecule is Cc1ccc(C)c(Oc2ccc(C(=O)O)cc2C#N)c1. The summed E-state index contributed by atoms with van der Waals surface area (Å²) in [4.78, 5) is 10.9.